The van der Waals surface area contributed by atoms with Gasteiger partial charge in [0.2, 0.25) is 5.91 Å². The molecule has 3 N–H and O–H groups in total. The second-order valence-electron chi connectivity index (χ2n) is 3.09. The van der Waals surface area contributed by atoms with Crippen molar-refractivity contribution in [2.24, 2.45) is 0 Å². The third kappa shape index (κ3) is 4.05. The molecular formula is C8H12N4O4. The molecule has 0 radical (unpaired) electrons. The molecule has 0 unspecified atom stereocenters. The standard InChI is InChI=1S/C8H12N4O4/c13-6(8(15)16)1-2-9-7(14)5-12-4-3-10-11-12/h3-4,6,13H,1-2,5H2,(H,9,14)(H,15,16)/t6-/m0/s1. The fraction of sp³-hybridized carbons (Fsp3) is 0.500. The van der Waals surface area contributed by atoms with Crippen LogP contribution in [0.5, 0.6) is 0 Å². The van der Waals surface area contributed by atoms with Gasteiger partial charge in [0.25, 0.3) is 0 Å². The topological polar surface area (TPSA) is 117 Å². The molecule has 1 atom stereocenters. The highest BCUT2D eigenvalue weighted by atomic mass is 16.4. The van der Waals surface area contributed by atoms with Crippen LogP contribution in [0.3, 0.4) is 0 Å². The fourth-order valence-electron chi connectivity index (χ4n) is 0.992. The number of aliphatic hydroxyl groups excluding tert-OH is 1. The number of carbonyl (C=O) groups excluding carboxylic acids is 1. The smallest absolute Gasteiger partial charge is 0.332 e. The number of carbonyl (C=O) groups is 2. The molecule has 0 fully saturated rings. The molecule has 0 aliphatic heterocycles. The summed E-state index contributed by atoms with van der Waals surface area (Å²) >= 11 is 0. The van der Waals surface area contributed by atoms with E-state index in [1.807, 2.05) is 0 Å². The Bertz CT molecular complexity index is 351. The van der Waals surface area contributed by atoms with Crippen molar-refractivity contribution in [1.29, 1.82) is 0 Å². The number of hydrogen-bond donors (Lipinski definition) is 3. The Morgan fingerprint density at radius 2 is 2.25 bits per heavy atom. The maximum Gasteiger partial charge on any atom is 0.332 e. The van der Waals surface area contributed by atoms with E-state index in [4.69, 9.17) is 10.2 Å². The van der Waals surface area contributed by atoms with Gasteiger partial charge in [0.15, 0.2) is 6.10 Å². The number of carboxylic acid groups (broad SMARTS) is 1. The van der Waals surface area contributed by atoms with E-state index in [0.717, 1.165) is 0 Å². The van der Waals surface area contributed by atoms with Crippen molar-refractivity contribution in [1.82, 2.24) is 20.3 Å². The fourth-order valence-corrected chi connectivity index (χ4v) is 0.992. The zero-order valence-corrected chi connectivity index (χ0v) is 8.41. The van der Waals surface area contributed by atoms with E-state index in [1.165, 1.54) is 17.1 Å². The molecule has 16 heavy (non-hydrogen) atoms. The lowest BCUT2D eigenvalue weighted by Crippen LogP contribution is -2.32. The van der Waals surface area contributed by atoms with Gasteiger partial charge in [-0.2, -0.15) is 0 Å². The highest BCUT2D eigenvalue weighted by molar-refractivity contribution is 5.75. The van der Waals surface area contributed by atoms with Crippen molar-refractivity contribution in [2.45, 2.75) is 19.1 Å². The van der Waals surface area contributed by atoms with Gasteiger partial charge in [0, 0.05) is 19.2 Å². The third-order valence-corrected chi connectivity index (χ3v) is 1.80. The molecule has 1 aromatic rings. The monoisotopic (exact) mass is 228 g/mol. The number of nitrogens with zero attached hydrogens (tertiary/aromatic N) is 3. The van der Waals surface area contributed by atoms with Crippen LogP contribution in [0.25, 0.3) is 0 Å². The summed E-state index contributed by atoms with van der Waals surface area (Å²) in [5, 5.41) is 26.9. The van der Waals surface area contributed by atoms with Crippen molar-refractivity contribution in [3.63, 3.8) is 0 Å². The van der Waals surface area contributed by atoms with Crippen molar-refractivity contribution in [2.75, 3.05) is 6.54 Å². The lowest BCUT2D eigenvalue weighted by molar-refractivity contribution is -0.147. The third-order valence-electron chi connectivity index (χ3n) is 1.80. The summed E-state index contributed by atoms with van der Waals surface area (Å²) in [6.45, 7) is 0.115. The summed E-state index contributed by atoms with van der Waals surface area (Å²) in [5.41, 5.74) is 0. The number of amides is 1. The van der Waals surface area contributed by atoms with Crippen LogP contribution in [-0.4, -0.2) is 49.7 Å². The molecule has 1 aromatic heterocycles. The Hall–Kier alpha value is -1.96. The highest BCUT2D eigenvalue weighted by Gasteiger charge is 2.12. The van der Waals surface area contributed by atoms with E-state index >= 15 is 0 Å². The van der Waals surface area contributed by atoms with Crippen LogP contribution >= 0.6 is 0 Å². The predicted octanol–water partition coefficient (Wildman–Crippen LogP) is -1.77. The Morgan fingerprint density at radius 3 is 2.81 bits per heavy atom. The molecule has 0 aromatic carbocycles. The van der Waals surface area contributed by atoms with E-state index in [-0.39, 0.29) is 25.4 Å². The van der Waals surface area contributed by atoms with Gasteiger partial charge in [-0.1, -0.05) is 5.21 Å². The molecule has 0 aliphatic carbocycles. The maximum atomic E-state index is 11.2. The second-order valence-corrected chi connectivity index (χ2v) is 3.09. The van der Waals surface area contributed by atoms with Crippen LogP contribution in [0.15, 0.2) is 12.4 Å². The number of carboxylic acids is 1. The number of hydrogen-bond acceptors (Lipinski definition) is 5. The molecule has 0 spiro atoms. The summed E-state index contributed by atoms with van der Waals surface area (Å²) in [7, 11) is 0. The van der Waals surface area contributed by atoms with Gasteiger partial charge in [0.05, 0.1) is 6.20 Å². The molecule has 0 bridgehead atoms. The van der Waals surface area contributed by atoms with Gasteiger partial charge in [-0.15, -0.1) is 5.10 Å². The zero-order chi connectivity index (χ0) is 12.0. The first kappa shape index (κ1) is 12.1. The van der Waals surface area contributed by atoms with Crippen molar-refractivity contribution < 1.29 is 19.8 Å². The van der Waals surface area contributed by atoms with Gasteiger partial charge in [-0.3, -0.25) is 4.79 Å². The number of rotatable bonds is 6. The average molecular weight is 228 g/mol. The van der Waals surface area contributed by atoms with E-state index < -0.39 is 12.1 Å². The average Bonchev–Trinajstić information content (AvgIpc) is 2.70. The lowest BCUT2D eigenvalue weighted by Gasteiger charge is -2.06. The van der Waals surface area contributed by atoms with E-state index in [2.05, 4.69) is 15.6 Å². The molecule has 0 saturated heterocycles. The lowest BCUT2D eigenvalue weighted by atomic mass is 10.2. The van der Waals surface area contributed by atoms with Crippen LogP contribution in [0, 0.1) is 0 Å². The first-order valence-corrected chi connectivity index (χ1v) is 4.61. The zero-order valence-electron chi connectivity index (χ0n) is 8.41. The van der Waals surface area contributed by atoms with E-state index in [9.17, 15) is 9.59 Å². The number of aliphatic hydroxyl groups is 1. The van der Waals surface area contributed by atoms with Crippen LogP contribution in [-0.2, 0) is 16.1 Å². The van der Waals surface area contributed by atoms with Gasteiger partial charge in [-0.05, 0) is 0 Å². The first-order valence-electron chi connectivity index (χ1n) is 4.61. The number of aromatic nitrogens is 3. The summed E-state index contributed by atoms with van der Waals surface area (Å²) in [6.07, 6.45) is 1.50. The van der Waals surface area contributed by atoms with Gasteiger partial charge >= 0.3 is 5.97 Å². The molecule has 1 heterocycles. The van der Waals surface area contributed by atoms with E-state index in [0.29, 0.717) is 0 Å². The van der Waals surface area contributed by atoms with Crippen molar-refractivity contribution >= 4 is 11.9 Å². The van der Waals surface area contributed by atoms with Gasteiger partial charge in [-0.25, -0.2) is 9.48 Å². The Labute approximate surface area is 90.9 Å². The molecule has 88 valence electrons. The molecule has 8 nitrogen and oxygen atoms in total. The Morgan fingerprint density at radius 1 is 1.50 bits per heavy atom. The van der Waals surface area contributed by atoms with Crippen molar-refractivity contribution in [3.8, 4) is 0 Å². The SMILES string of the molecule is O=C(Cn1ccnn1)NCC[C@H](O)C(=O)O. The van der Waals surface area contributed by atoms with Crippen LogP contribution in [0.2, 0.25) is 0 Å². The minimum absolute atomic E-state index is 0.0170. The Kier molecular flexibility index (Phi) is 4.40. The van der Waals surface area contributed by atoms with E-state index in [1.54, 1.807) is 0 Å². The minimum atomic E-state index is -1.45. The summed E-state index contributed by atoms with van der Waals surface area (Å²) in [6, 6.07) is 0. The van der Waals surface area contributed by atoms with Gasteiger partial charge in [0.1, 0.15) is 6.54 Å². The summed E-state index contributed by atoms with van der Waals surface area (Å²) in [5.74, 6) is -1.62. The normalized spacial score (nSPS) is 12.1. The number of nitrogens with one attached hydrogen (secondary N) is 1. The van der Waals surface area contributed by atoms with Crippen LogP contribution < -0.4 is 5.32 Å². The maximum absolute atomic E-state index is 11.2. The molecule has 0 saturated carbocycles. The minimum Gasteiger partial charge on any atom is -0.479 e. The second kappa shape index (κ2) is 5.81. The van der Waals surface area contributed by atoms with Gasteiger partial charge < -0.3 is 15.5 Å². The van der Waals surface area contributed by atoms with Crippen LogP contribution in [0.1, 0.15) is 6.42 Å². The summed E-state index contributed by atoms with van der Waals surface area (Å²) in [4.78, 5) is 21.5. The predicted molar refractivity (Wildman–Crippen MR) is 51.3 cm³/mol. The van der Waals surface area contributed by atoms with Crippen LogP contribution in [0.4, 0.5) is 0 Å². The first-order chi connectivity index (χ1) is 7.59. The highest BCUT2D eigenvalue weighted by Crippen LogP contribution is 1.89. The molecule has 8 heteroatoms. The summed E-state index contributed by atoms with van der Waals surface area (Å²) < 4.78 is 1.34. The Balaban J connectivity index is 2.18. The molecular weight excluding hydrogens is 216 g/mol. The number of aliphatic carboxylic acids is 1. The quantitative estimate of drug-likeness (QED) is 0.530. The molecule has 1 amide bonds. The van der Waals surface area contributed by atoms with Crippen molar-refractivity contribution in [3.05, 3.63) is 12.4 Å². The molecule has 0 aliphatic rings. The largest absolute Gasteiger partial charge is 0.479 e. The molecule has 1 rings (SSSR count).